The van der Waals surface area contributed by atoms with E-state index in [0.29, 0.717) is 0 Å². The van der Waals surface area contributed by atoms with Crippen molar-refractivity contribution < 1.29 is 27.8 Å². The van der Waals surface area contributed by atoms with Gasteiger partial charge in [-0.25, -0.2) is 17.6 Å². The maximum atomic E-state index is 12.8. The van der Waals surface area contributed by atoms with E-state index in [0.717, 1.165) is 0 Å². The van der Waals surface area contributed by atoms with Crippen LogP contribution in [0.1, 0.15) is 0 Å². The predicted octanol–water partition coefficient (Wildman–Crippen LogP) is 0.734. The monoisotopic (exact) mass is 214 g/mol. The highest BCUT2D eigenvalue weighted by molar-refractivity contribution is 5.20. The topological polar surface area (TPSA) is 40.5 Å². The van der Waals surface area contributed by atoms with E-state index in [-0.39, 0.29) is 0 Å². The molecule has 0 aromatic rings. The molecule has 2 N–H and O–H groups in total. The van der Waals surface area contributed by atoms with Gasteiger partial charge in [-0.05, 0) is 0 Å². The lowest BCUT2D eigenvalue weighted by molar-refractivity contribution is 0.0467. The molecule has 6 heteroatoms. The van der Waals surface area contributed by atoms with Crippen molar-refractivity contribution in [2.24, 2.45) is 23.7 Å². The van der Waals surface area contributed by atoms with Crippen LogP contribution in [0.15, 0.2) is 0 Å². The molecule has 0 unspecified atom stereocenters. The molecule has 4 atom stereocenters. The summed E-state index contributed by atoms with van der Waals surface area (Å²) in [7, 11) is 0. The zero-order chi connectivity index (χ0) is 10.7. The van der Waals surface area contributed by atoms with Gasteiger partial charge in [0, 0.05) is 11.8 Å². The van der Waals surface area contributed by atoms with Crippen LogP contribution < -0.4 is 0 Å². The van der Waals surface area contributed by atoms with Crippen LogP contribution in [0.4, 0.5) is 17.6 Å². The third-order valence-corrected chi connectivity index (χ3v) is 3.31. The maximum absolute atomic E-state index is 12.8. The van der Waals surface area contributed by atoms with Gasteiger partial charge < -0.3 is 10.2 Å². The molecular weight excluding hydrogens is 204 g/mol. The quantitative estimate of drug-likeness (QED) is 0.680. The van der Waals surface area contributed by atoms with Crippen molar-refractivity contribution in [2.45, 2.75) is 11.8 Å². The molecule has 2 aliphatic rings. The fraction of sp³-hybridized carbons (Fsp3) is 1.00. The van der Waals surface area contributed by atoms with E-state index in [1.165, 1.54) is 0 Å². The Bertz CT molecular complexity index is 230. The molecule has 0 heterocycles. The van der Waals surface area contributed by atoms with Crippen molar-refractivity contribution in [3.8, 4) is 0 Å². The Morgan fingerprint density at radius 2 is 1.07 bits per heavy atom. The smallest absolute Gasteiger partial charge is 0.257 e. The van der Waals surface area contributed by atoms with Crippen LogP contribution in [-0.4, -0.2) is 35.3 Å². The van der Waals surface area contributed by atoms with Gasteiger partial charge in [0.15, 0.2) is 0 Å². The average molecular weight is 214 g/mol. The Morgan fingerprint density at radius 1 is 0.786 bits per heavy atom. The van der Waals surface area contributed by atoms with Gasteiger partial charge >= 0.3 is 0 Å². The van der Waals surface area contributed by atoms with Crippen LogP contribution in [0.3, 0.4) is 0 Å². The van der Waals surface area contributed by atoms with Gasteiger partial charge in [0.1, 0.15) is 0 Å². The lowest BCUT2D eigenvalue weighted by atomic mass is 10.2. The minimum Gasteiger partial charge on any atom is -0.396 e. The molecule has 2 rings (SSSR count). The van der Waals surface area contributed by atoms with E-state index in [9.17, 15) is 17.6 Å². The van der Waals surface area contributed by atoms with E-state index in [1.54, 1.807) is 0 Å². The number of aliphatic hydroxyl groups is 2. The number of alkyl halides is 4. The van der Waals surface area contributed by atoms with Crippen molar-refractivity contribution >= 4 is 0 Å². The molecule has 0 radical (unpaired) electrons. The number of halogens is 4. The number of aliphatic hydroxyl groups excluding tert-OH is 2. The van der Waals surface area contributed by atoms with Crippen LogP contribution in [0.5, 0.6) is 0 Å². The molecule has 0 bridgehead atoms. The van der Waals surface area contributed by atoms with Gasteiger partial charge in [0.05, 0.1) is 25.0 Å². The lowest BCUT2D eigenvalue weighted by Gasteiger charge is -1.93. The first-order chi connectivity index (χ1) is 6.39. The summed E-state index contributed by atoms with van der Waals surface area (Å²) in [5.41, 5.74) is 0. The number of rotatable bonds is 3. The summed E-state index contributed by atoms with van der Waals surface area (Å²) in [5.74, 6) is -12.0. The van der Waals surface area contributed by atoms with Crippen LogP contribution in [0.2, 0.25) is 0 Å². The Labute approximate surface area is 77.5 Å². The van der Waals surface area contributed by atoms with E-state index < -0.39 is 48.7 Å². The summed E-state index contributed by atoms with van der Waals surface area (Å²) in [6, 6.07) is 0. The van der Waals surface area contributed by atoms with Gasteiger partial charge in [-0.2, -0.15) is 0 Å². The Hall–Kier alpha value is -0.360. The van der Waals surface area contributed by atoms with E-state index in [4.69, 9.17) is 10.2 Å². The second-order valence-electron chi connectivity index (χ2n) is 3.98. The molecule has 2 nitrogen and oxygen atoms in total. The minimum atomic E-state index is -3.19. The van der Waals surface area contributed by atoms with Gasteiger partial charge in [-0.3, -0.25) is 0 Å². The summed E-state index contributed by atoms with van der Waals surface area (Å²) in [6.45, 7) is -1.55. The summed E-state index contributed by atoms with van der Waals surface area (Å²) >= 11 is 0. The second-order valence-corrected chi connectivity index (χ2v) is 3.98. The van der Waals surface area contributed by atoms with Gasteiger partial charge in [-0.15, -0.1) is 0 Å². The average Bonchev–Trinajstić information content (AvgIpc) is 2.81. The first kappa shape index (κ1) is 10.2. The highest BCUT2D eigenvalue weighted by Crippen LogP contribution is 2.71. The molecule has 14 heavy (non-hydrogen) atoms. The third kappa shape index (κ3) is 1.04. The van der Waals surface area contributed by atoms with Crippen molar-refractivity contribution in [3.63, 3.8) is 0 Å². The fourth-order valence-corrected chi connectivity index (χ4v) is 2.28. The van der Waals surface area contributed by atoms with Gasteiger partial charge in [0.2, 0.25) is 0 Å². The molecule has 0 aliphatic heterocycles. The van der Waals surface area contributed by atoms with Crippen LogP contribution in [-0.2, 0) is 0 Å². The molecule has 2 aliphatic carbocycles. The number of hydrogen-bond donors (Lipinski definition) is 2. The zero-order valence-corrected chi connectivity index (χ0v) is 7.13. The standard InChI is InChI=1S/C8H10F4O2/c9-7(10)3(1-13)5(7)6-4(2-14)8(6,11)12/h3-6,13-14H,1-2H2/t3-,4+,5-,6+. The lowest BCUT2D eigenvalue weighted by Crippen LogP contribution is -2.01. The predicted molar refractivity (Wildman–Crippen MR) is 38.0 cm³/mol. The zero-order valence-electron chi connectivity index (χ0n) is 7.13. The van der Waals surface area contributed by atoms with E-state index in [1.807, 2.05) is 0 Å². The van der Waals surface area contributed by atoms with E-state index in [2.05, 4.69) is 0 Å². The van der Waals surface area contributed by atoms with Crippen LogP contribution in [0.25, 0.3) is 0 Å². The van der Waals surface area contributed by atoms with Crippen molar-refractivity contribution in [1.82, 2.24) is 0 Å². The Morgan fingerprint density at radius 3 is 1.21 bits per heavy atom. The summed E-state index contributed by atoms with van der Waals surface area (Å²) in [5, 5.41) is 17.1. The Balaban J connectivity index is 2.07. The second kappa shape index (κ2) is 2.61. The van der Waals surface area contributed by atoms with Crippen molar-refractivity contribution in [1.29, 1.82) is 0 Å². The van der Waals surface area contributed by atoms with Gasteiger partial charge in [0.25, 0.3) is 11.8 Å². The molecule has 0 aromatic heterocycles. The summed E-state index contributed by atoms with van der Waals surface area (Å²) in [6.07, 6.45) is 0. The Kier molecular flexibility index (Phi) is 1.89. The minimum absolute atomic E-state index is 0.775. The van der Waals surface area contributed by atoms with Gasteiger partial charge in [-0.1, -0.05) is 0 Å². The van der Waals surface area contributed by atoms with Crippen molar-refractivity contribution in [3.05, 3.63) is 0 Å². The first-order valence-corrected chi connectivity index (χ1v) is 4.36. The van der Waals surface area contributed by atoms with E-state index >= 15 is 0 Å². The molecule has 2 saturated carbocycles. The fourth-order valence-electron chi connectivity index (χ4n) is 2.28. The van der Waals surface area contributed by atoms with Crippen LogP contribution in [0, 0.1) is 23.7 Å². The molecular formula is C8H10F4O2. The van der Waals surface area contributed by atoms with Crippen LogP contribution >= 0.6 is 0 Å². The molecule has 0 spiro atoms. The highest BCUT2D eigenvalue weighted by atomic mass is 19.3. The highest BCUT2D eigenvalue weighted by Gasteiger charge is 2.83. The molecule has 82 valence electrons. The molecule has 0 amide bonds. The normalized spacial score (nSPS) is 47.6. The third-order valence-electron chi connectivity index (χ3n) is 3.31. The maximum Gasteiger partial charge on any atom is 0.257 e. The van der Waals surface area contributed by atoms with Crippen molar-refractivity contribution in [2.75, 3.05) is 13.2 Å². The number of hydrogen-bond acceptors (Lipinski definition) is 2. The summed E-state index contributed by atoms with van der Waals surface area (Å²) < 4.78 is 51.3. The first-order valence-electron chi connectivity index (χ1n) is 4.36. The molecule has 0 saturated heterocycles. The largest absolute Gasteiger partial charge is 0.396 e. The SMILES string of the molecule is OC[C@@H]1[C@H]([C@@H]2[C@H](CO)C2(F)F)C1(F)F. The molecule has 0 aromatic carbocycles. The molecule has 2 fully saturated rings. The summed E-state index contributed by atoms with van der Waals surface area (Å²) in [4.78, 5) is 0.